The van der Waals surface area contributed by atoms with Gasteiger partial charge in [-0.15, -0.1) is 0 Å². The minimum atomic E-state index is -0.908. The van der Waals surface area contributed by atoms with Gasteiger partial charge in [0.1, 0.15) is 6.04 Å². The standard InChI is InChI=1S/C16H17Cl2NO3/c17-9-4-5-10(13(18)7-9)11-8-12(11)15(20)19-6-2-1-3-14(19)16(21)22/h4-5,7,11-12,14H,1-3,6,8H2,(H,21,22)/t11?,12?,14-/m1/s1. The number of nitrogens with zero attached hydrogens (tertiary/aromatic N) is 1. The minimum Gasteiger partial charge on any atom is -0.480 e. The van der Waals surface area contributed by atoms with Crippen LogP contribution in [0.3, 0.4) is 0 Å². The molecule has 3 atom stereocenters. The van der Waals surface area contributed by atoms with Gasteiger partial charge in [0.15, 0.2) is 0 Å². The number of rotatable bonds is 3. The molecule has 1 aromatic rings. The van der Waals surface area contributed by atoms with Crippen molar-refractivity contribution in [3.8, 4) is 0 Å². The molecule has 118 valence electrons. The molecule has 1 N–H and O–H groups in total. The predicted octanol–water partition coefficient (Wildman–Crippen LogP) is 3.56. The van der Waals surface area contributed by atoms with Gasteiger partial charge in [0.25, 0.3) is 0 Å². The molecule has 2 unspecified atom stereocenters. The van der Waals surface area contributed by atoms with E-state index in [4.69, 9.17) is 23.2 Å². The van der Waals surface area contributed by atoms with Crippen LogP contribution in [0.5, 0.6) is 0 Å². The fourth-order valence-electron chi connectivity index (χ4n) is 3.28. The maximum absolute atomic E-state index is 12.6. The highest BCUT2D eigenvalue weighted by molar-refractivity contribution is 6.35. The number of aliphatic carboxylic acids is 1. The van der Waals surface area contributed by atoms with E-state index < -0.39 is 12.0 Å². The molecule has 22 heavy (non-hydrogen) atoms. The van der Waals surface area contributed by atoms with E-state index in [1.165, 1.54) is 0 Å². The van der Waals surface area contributed by atoms with Crippen molar-refractivity contribution >= 4 is 35.1 Å². The predicted molar refractivity (Wildman–Crippen MR) is 84.3 cm³/mol. The Hall–Kier alpha value is -1.26. The molecule has 1 saturated carbocycles. The van der Waals surface area contributed by atoms with Gasteiger partial charge in [-0.2, -0.15) is 0 Å². The molecular weight excluding hydrogens is 325 g/mol. The molecule has 1 saturated heterocycles. The number of carboxylic acids is 1. The Morgan fingerprint density at radius 3 is 2.68 bits per heavy atom. The van der Waals surface area contributed by atoms with Gasteiger partial charge < -0.3 is 10.0 Å². The molecule has 0 bridgehead atoms. The number of carbonyl (C=O) groups excluding carboxylic acids is 1. The van der Waals surface area contributed by atoms with Crippen LogP contribution in [0.4, 0.5) is 0 Å². The van der Waals surface area contributed by atoms with Gasteiger partial charge >= 0.3 is 5.97 Å². The molecule has 1 aliphatic heterocycles. The molecule has 1 amide bonds. The monoisotopic (exact) mass is 341 g/mol. The quantitative estimate of drug-likeness (QED) is 0.914. The summed E-state index contributed by atoms with van der Waals surface area (Å²) < 4.78 is 0. The van der Waals surface area contributed by atoms with Gasteiger partial charge in [-0.1, -0.05) is 29.3 Å². The average molecular weight is 342 g/mol. The topological polar surface area (TPSA) is 57.6 Å². The summed E-state index contributed by atoms with van der Waals surface area (Å²) in [6, 6.07) is 4.62. The van der Waals surface area contributed by atoms with Crippen molar-refractivity contribution in [2.75, 3.05) is 6.54 Å². The van der Waals surface area contributed by atoms with Crippen LogP contribution < -0.4 is 0 Å². The number of piperidine rings is 1. The van der Waals surface area contributed by atoms with Crippen molar-refractivity contribution < 1.29 is 14.7 Å². The van der Waals surface area contributed by atoms with E-state index in [2.05, 4.69) is 0 Å². The van der Waals surface area contributed by atoms with E-state index in [0.717, 1.165) is 24.8 Å². The van der Waals surface area contributed by atoms with E-state index in [9.17, 15) is 14.7 Å². The lowest BCUT2D eigenvalue weighted by Gasteiger charge is -2.33. The summed E-state index contributed by atoms with van der Waals surface area (Å²) in [7, 11) is 0. The number of carbonyl (C=O) groups is 2. The SMILES string of the molecule is O=C(O)[C@H]1CCCCN1C(=O)C1CC1c1ccc(Cl)cc1Cl. The molecule has 0 aromatic heterocycles. The molecule has 3 rings (SSSR count). The third-order valence-corrected chi connectivity index (χ3v) is 5.10. The first-order valence-corrected chi connectivity index (χ1v) is 8.23. The van der Waals surface area contributed by atoms with Gasteiger partial charge in [-0.05, 0) is 49.3 Å². The summed E-state index contributed by atoms with van der Waals surface area (Å²) in [4.78, 5) is 25.5. The van der Waals surface area contributed by atoms with Crippen LogP contribution in [-0.2, 0) is 9.59 Å². The lowest BCUT2D eigenvalue weighted by Crippen LogP contribution is -2.48. The molecule has 4 nitrogen and oxygen atoms in total. The molecule has 1 aliphatic carbocycles. The molecule has 0 spiro atoms. The summed E-state index contributed by atoms with van der Waals surface area (Å²) in [5.74, 6) is -1.04. The van der Waals surface area contributed by atoms with Crippen LogP contribution in [0.2, 0.25) is 10.0 Å². The fraction of sp³-hybridized carbons (Fsp3) is 0.500. The first kappa shape index (κ1) is 15.6. The second-order valence-electron chi connectivity index (χ2n) is 6.00. The Bertz CT molecular complexity index is 619. The van der Waals surface area contributed by atoms with E-state index in [1.807, 2.05) is 6.07 Å². The number of hydrogen-bond donors (Lipinski definition) is 1. The summed E-state index contributed by atoms with van der Waals surface area (Å²) in [6.07, 6.45) is 3.00. The maximum atomic E-state index is 12.6. The second kappa shape index (κ2) is 6.09. The first-order chi connectivity index (χ1) is 10.5. The van der Waals surface area contributed by atoms with Crippen molar-refractivity contribution in [2.45, 2.75) is 37.6 Å². The zero-order valence-corrected chi connectivity index (χ0v) is 13.5. The Labute approximate surface area is 139 Å². The van der Waals surface area contributed by atoms with E-state index in [0.29, 0.717) is 23.0 Å². The van der Waals surface area contributed by atoms with Crippen LogP contribution >= 0.6 is 23.2 Å². The Kier molecular flexibility index (Phi) is 4.33. The number of halogens is 2. The van der Waals surface area contributed by atoms with Gasteiger partial charge in [0, 0.05) is 22.5 Å². The number of amides is 1. The van der Waals surface area contributed by atoms with Crippen molar-refractivity contribution in [1.29, 1.82) is 0 Å². The summed E-state index contributed by atoms with van der Waals surface area (Å²) in [6.45, 7) is 0.535. The van der Waals surface area contributed by atoms with Crippen LogP contribution in [-0.4, -0.2) is 34.5 Å². The summed E-state index contributed by atoms with van der Waals surface area (Å²) in [5.41, 5.74) is 0.924. The normalized spacial score (nSPS) is 27.5. The van der Waals surface area contributed by atoms with Crippen molar-refractivity contribution in [2.24, 2.45) is 5.92 Å². The second-order valence-corrected chi connectivity index (χ2v) is 6.84. The smallest absolute Gasteiger partial charge is 0.326 e. The van der Waals surface area contributed by atoms with Crippen LogP contribution in [0.1, 0.15) is 37.2 Å². The van der Waals surface area contributed by atoms with Gasteiger partial charge in [0.2, 0.25) is 5.91 Å². The third-order valence-electron chi connectivity index (χ3n) is 4.54. The van der Waals surface area contributed by atoms with Gasteiger partial charge in [-0.3, -0.25) is 4.79 Å². The number of hydrogen-bond acceptors (Lipinski definition) is 2. The van der Waals surface area contributed by atoms with E-state index in [1.54, 1.807) is 17.0 Å². The molecular formula is C16H17Cl2NO3. The fourth-order valence-corrected chi connectivity index (χ4v) is 3.83. The van der Waals surface area contributed by atoms with Gasteiger partial charge in [-0.25, -0.2) is 4.79 Å². The highest BCUT2D eigenvalue weighted by Crippen LogP contribution is 2.51. The summed E-state index contributed by atoms with van der Waals surface area (Å²) in [5, 5.41) is 10.4. The van der Waals surface area contributed by atoms with Crippen LogP contribution in [0, 0.1) is 5.92 Å². The molecule has 1 heterocycles. The van der Waals surface area contributed by atoms with Gasteiger partial charge in [0.05, 0.1) is 0 Å². The zero-order valence-electron chi connectivity index (χ0n) is 12.0. The molecule has 0 radical (unpaired) electrons. The number of likely N-dealkylation sites (tertiary alicyclic amines) is 1. The lowest BCUT2D eigenvalue weighted by molar-refractivity contribution is -0.152. The first-order valence-electron chi connectivity index (χ1n) is 7.47. The Morgan fingerprint density at radius 1 is 1.23 bits per heavy atom. The molecule has 2 fully saturated rings. The minimum absolute atomic E-state index is 0.0527. The molecule has 2 aliphatic rings. The average Bonchev–Trinajstić information content (AvgIpc) is 3.26. The maximum Gasteiger partial charge on any atom is 0.326 e. The van der Waals surface area contributed by atoms with Crippen molar-refractivity contribution in [3.05, 3.63) is 33.8 Å². The summed E-state index contributed by atoms with van der Waals surface area (Å²) >= 11 is 12.1. The zero-order chi connectivity index (χ0) is 15.9. The molecule has 6 heteroatoms. The van der Waals surface area contributed by atoms with E-state index in [-0.39, 0.29) is 17.7 Å². The number of benzene rings is 1. The number of carboxylic acid groups (broad SMARTS) is 1. The highest BCUT2D eigenvalue weighted by Gasteiger charge is 2.48. The Morgan fingerprint density at radius 2 is 2.00 bits per heavy atom. The van der Waals surface area contributed by atoms with E-state index >= 15 is 0 Å². The highest BCUT2D eigenvalue weighted by atomic mass is 35.5. The van der Waals surface area contributed by atoms with Crippen LogP contribution in [0.25, 0.3) is 0 Å². The largest absolute Gasteiger partial charge is 0.480 e. The van der Waals surface area contributed by atoms with Crippen molar-refractivity contribution in [3.63, 3.8) is 0 Å². The van der Waals surface area contributed by atoms with Crippen molar-refractivity contribution in [1.82, 2.24) is 4.90 Å². The third kappa shape index (κ3) is 2.95. The lowest BCUT2D eigenvalue weighted by atomic mass is 10.0. The molecule has 1 aromatic carbocycles. The van der Waals surface area contributed by atoms with Crippen LogP contribution in [0.15, 0.2) is 18.2 Å². The Balaban J connectivity index is 1.73.